The molecule has 14 heavy (non-hydrogen) atoms. The lowest BCUT2D eigenvalue weighted by atomic mass is 9.93. The van der Waals surface area contributed by atoms with Gasteiger partial charge in [-0.2, -0.15) is 0 Å². The van der Waals surface area contributed by atoms with Gasteiger partial charge in [0.25, 0.3) is 0 Å². The number of hydrogen-bond acceptors (Lipinski definition) is 2. The molecule has 0 saturated carbocycles. The second kappa shape index (κ2) is 5.81. The number of nitrogens with zero attached hydrogens (tertiary/aromatic N) is 1. The first-order valence-electron chi connectivity index (χ1n) is 5.05. The first-order chi connectivity index (χ1) is 6.46. The van der Waals surface area contributed by atoms with Crippen molar-refractivity contribution < 1.29 is 4.79 Å². The summed E-state index contributed by atoms with van der Waals surface area (Å²) in [6, 6.07) is 0. The maximum atomic E-state index is 11.6. The summed E-state index contributed by atoms with van der Waals surface area (Å²) in [5.41, 5.74) is 5.62. The Morgan fingerprint density at radius 2 is 2.14 bits per heavy atom. The minimum atomic E-state index is -0.00710. The molecule has 0 aromatic heterocycles. The van der Waals surface area contributed by atoms with Crippen molar-refractivity contribution in [1.82, 2.24) is 4.90 Å². The van der Waals surface area contributed by atoms with E-state index in [1.165, 1.54) is 0 Å². The second-order valence-electron chi connectivity index (χ2n) is 4.27. The van der Waals surface area contributed by atoms with Gasteiger partial charge in [0.1, 0.15) is 0 Å². The smallest absolute Gasteiger partial charge is 0.226 e. The lowest BCUT2D eigenvalue weighted by Gasteiger charge is -2.30. The van der Waals surface area contributed by atoms with Crippen LogP contribution < -0.4 is 5.73 Å². The molecule has 3 heteroatoms. The Morgan fingerprint density at radius 1 is 1.57 bits per heavy atom. The molecule has 0 aliphatic heterocycles. The highest BCUT2D eigenvalue weighted by Crippen LogP contribution is 2.15. The van der Waals surface area contributed by atoms with Crippen LogP contribution in [0.15, 0.2) is 12.7 Å². The molecule has 0 heterocycles. The Labute approximate surface area is 87.0 Å². The van der Waals surface area contributed by atoms with Crippen LogP contribution in [0.1, 0.15) is 27.2 Å². The largest absolute Gasteiger partial charge is 0.342 e. The Hall–Kier alpha value is -0.830. The van der Waals surface area contributed by atoms with Crippen molar-refractivity contribution in [3.8, 4) is 0 Å². The third-order valence-corrected chi connectivity index (χ3v) is 2.22. The fourth-order valence-electron chi connectivity index (χ4n) is 1.21. The summed E-state index contributed by atoms with van der Waals surface area (Å²) in [7, 11) is 0. The number of carbonyl (C=O) groups excluding carboxylic acids is 1. The van der Waals surface area contributed by atoms with Crippen LogP contribution in [0.2, 0.25) is 0 Å². The van der Waals surface area contributed by atoms with Crippen LogP contribution in [0.3, 0.4) is 0 Å². The van der Waals surface area contributed by atoms with Crippen molar-refractivity contribution >= 4 is 5.91 Å². The average molecular weight is 198 g/mol. The van der Waals surface area contributed by atoms with Crippen LogP contribution in [0.25, 0.3) is 0 Å². The van der Waals surface area contributed by atoms with Crippen molar-refractivity contribution in [3.05, 3.63) is 12.7 Å². The maximum Gasteiger partial charge on any atom is 0.226 e. The molecule has 0 spiro atoms. The molecule has 82 valence electrons. The van der Waals surface area contributed by atoms with Crippen LogP contribution >= 0.6 is 0 Å². The van der Waals surface area contributed by atoms with Gasteiger partial charge in [-0.05, 0) is 18.9 Å². The van der Waals surface area contributed by atoms with Crippen molar-refractivity contribution in [2.45, 2.75) is 27.2 Å². The van der Waals surface area contributed by atoms with Gasteiger partial charge in [0.15, 0.2) is 0 Å². The van der Waals surface area contributed by atoms with E-state index in [-0.39, 0.29) is 11.3 Å². The molecule has 0 fully saturated rings. The minimum Gasteiger partial charge on any atom is -0.342 e. The van der Waals surface area contributed by atoms with Gasteiger partial charge >= 0.3 is 0 Å². The Bertz CT molecular complexity index is 199. The Balaban J connectivity index is 4.28. The van der Waals surface area contributed by atoms with E-state index in [9.17, 15) is 4.79 Å². The van der Waals surface area contributed by atoms with Crippen molar-refractivity contribution in [1.29, 1.82) is 0 Å². The number of hydrogen-bond donors (Lipinski definition) is 1. The van der Waals surface area contributed by atoms with Crippen molar-refractivity contribution in [2.24, 2.45) is 11.1 Å². The predicted octanol–water partition coefficient (Wildman–Crippen LogP) is 1.40. The summed E-state index contributed by atoms with van der Waals surface area (Å²) < 4.78 is 0. The molecule has 0 aliphatic rings. The van der Waals surface area contributed by atoms with Crippen LogP contribution in [0.4, 0.5) is 0 Å². The first kappa shape index (κ1) is 13.2. The Morgan fingerprint density at radius 3 is 2.50 bits per heavy atom. The molecule has 0 aromatic carbocycles. The van der Waals surface area contributed by atoms with Gasteiger partial charge in [-0.15, -0.1) is 6.58 Å². The molecule has 0 radical (unpaired) electrons. The number of rotatable bonds is 6. The summed E-state index contributed by atoms with van der Waals surface area (Å²) in [6.45, 7) is 11.7. The third kappa shape index (κ3) is 4.42. The van der Waals surface area contributed by atoms with Crippen LogP contribution in [0, 0.1) is 5.41 Å². The van der Waals surface area contributed by atoms with E-state index in [4.69, 9.17) is 5.73 Å². The summed E-state index contributed by atoms with van der Waals surface area (Å²) in [5, 5.41) is 0. The molecule has 2 N–H and O–H groups in total. The molecular weight excluding hydrogens is 176 g/mol. The first-order valence-corrected chi connectivity index (χ1v) is 5.05. The molecule has 0 aliphatic carbocycles. The van der Waals surface area contributed by atoms with Gasteiger partial charge in [-0.25, -0.2) is 0 Å². The zero-order chi connectivity index (χ0) is 11.2. The summed E-state index contributed by atoms with van der Waals surface area (Å²) in [6.07, 6.45) is 2.05. The van der Waals surface area contributed by atoms with Crippen LogP contribution in [0.5, 0.6) is 0 Å². The number of carbonyl (C=O) groups is 1. The molecule has 0 rings (SSSR count). The van der Waals surface area contributed by atoms with Gasteiger partial charge in [-0.3, -0.25) is 4.79 Å². The lowest BCUT2D eigenvalue weighted by Crippen LogP contribution is -2.41. The topological polar surface area (TPSA) is 46.3 Å². The zero-order valence-corrected chi connectivity index (χ0v) is 9.55. The third-order valence-electron chi connectivity index (χ3n) is 2.22. The molecule has 0 aromatic rings. The quantitative estimate of drug-likeness (QED) is 0.656. The van der Waals surface area contributed by atoms with E-state index in [1.807, 2.05) is 11.8 Å². The highest BCUT2D eigenvalue weighted by atomic mass is 16.2. The lowest BCUT2D eigenvalue weighted by molar-refractivity contribution is -0.131. The molecule has 3 nitrogen and oxygen atoms in total. The second-order valence-corrected chi connectivity index (χ2v) is 4.27. The highest BCUT2D eigenvalue weighted by Gasteiger charge is 2.21. The fourth-order valence-corrected chi connectivity index (χ4v) is 1.21. The van der Waals surface area contributed by atoms with Crippen molar-refractivity contribution in [2.75, 3.05) is 19.6 Å². The van der Waals surface area contributed by atoms with Gasteiger partial charge in [0.2, 0.25) is 5.91 Å². The van der Waals surface area contributed by atoms with E-state index >= 15 is 0 Å². The van der Waals surface area contributed by atoms with E-state index in [2.05, 4.69) is 20.4 Å². The summed E-state index contributed by atoms with van der Waals surface area (Å²) in [4.78, 5) is 13.4. The number of amides is 1. The fraction of sp³-hybridized carbons (Fsp3) is 0.727. The molecule has 0 unspecified atom stereocenters. The van der Waals surface area contributed by atoms with E-state index in [0.717, 1.165) is 6.54 Å². The molecular formula is C11H22N2O. The Kier molecular flexibility index (Phi) is 5.46. The van der Waals surface area contributed by atoms with E-state index < -0.39 is 0 Å². The molecule has 1 amide bonds. The predicted molar refractivity (Wildman–Crippen MR) is 59.9 cm³/mol. The normalized spacial score (nSPS) is 11.1. The molecule has 0 bridgehead atoms. The standard InChI is InChI=1S/C11H22N2O/c1-5-7-10(14)13(6-2)9-11(3,4)8-12/h5H,1,6-9,12H2,2-4H3. The number of nitrogens with two attached hydrogens (primary N) is 1. The van der Waals surface area contributed by atoms with Crippen LogP contribution in [-0.2, 0) is 4.79 Å². The molecule has 0 atom stereocenters. The monoisotopic (exact) mass is 198 g/mol. The van der Waals surface area contributed by atoms with E-state index in [0.29, 0.717) is 19.5 Å². The summed E-state index contributed by atoms with van der Waals surface area (Å²) in [5.74, 6) is 0.129. The SMILES string of the molecule is C=CCC(=O)N(CC)CC(C)(C)CN. The highest BCUT2D eigenvalue weighted by molar-refractivity contribution is 5.77. The van der Waals surface area contributed by atoms with E-state index in [1.54, 1.807) is 6.08 Å². The van der Waals surface area contributed by atoms with Gasteiger partial charge < -0.3 is 10.6 Å². The van der Waals surface area contributed by atoms with Gasteiger partial charge in [0.05, 0.1) is 0 Å². The summed E-state index contributed by atoms with van der Waals surface area (Å²) >= 11 is 0. The van der Waals surface area contributed by atoms with Gasteiger partial charge in [0, 0.05) is 19.5 Å². The minimum absolute atomic E-state index is 0.00710. The average Bonchev–Trinajstić information content (AvgIpc) is 2.14. The zero-order valence-electron chi connectivity index (χ0n) is 9.55. The van der Waals surface area contributed by atoms with Gasteiger partial charge in [-0.1, -0.05) is 19.9 Å². The maximum absolute atomic E-state index is 11.6. The molecule has 0 saturated heterocycles. The van der Waals surface area contributed by atoms with Crippen LogP contribution in [-0.4, -0.2) is 30.4 Å². The van der Waals surface area contributed by atoms with Crippen molar-refractivity contribution in [3.63, 3.8) is 0 Å².